The van der Waals surface area contributed by atoms with E-state index in [1.54, 1.807) is 33.6 Å². The average Bonchev–Trinajstić information content (AvgIpc) is 3.25. The number of aromatic nitrogens is 1. The van der Waals surface area contributed by atoms with Crippen molar-refractivity contribution in [2.75, 3.05) is 12.3 Å². The number of carbonyl (C=O) groups is 2. The molecule has 1 aliphatic heterocycles. The van der Waals surface area contributed by atoms with E-state index in [9.17, 15) is 14.9 Å². The number of hydrogen-bond acceptors (Lipinski definition) is 6. The van der Waals surface area contributed by atoms with E-state index in [1.165, 1.54) is 11.3 Å². The molecule has 2 heterocycles. The molecule has 1 saturated heterocycles. The van der Waals surface area contributed by atoms with Crippen LogP contribution >= 0.6 is 11.3 Å². The van der Waals surface area contributed by atoms with Crippen LogP contribution in [-0.4, -0.2) is 62.9 Å². The van der Waals surface area contributed by atoms with Crippen molar-refractivity contribution in [1.29, 1.82) is 5.26 Å². The number of rotatable bonds is 5. The van der Waals surface area contributed by atoms with E-state index in [0.29, 0.717) is 24.5 Å². The molecule has 0 saturated carbocycles. The van der Waals surface area contributed by atoms with Crippen LogP contribution in [0.4, 0.5) is 5.13 Å². The van der Waals surface area contributed by atoms with Gasteiger partial charge in [0.05, 0.1) is 6.07 Å². The molecule has 1 aromatic heterocycles. The molecule has 37 heavy (non-hydrogen) atoms. The minimum Gasteiger partial charge on any atom is 1.00 e. The standard InChI is InChI=1S/C21H35N3O2.C4H6N2S.2CH3.Cs.Sn/c1-9-14(2)10-16(12-22)23-19(26)18-21(7,8)15(3)13-24(18)17(25)11-20(4,5)6;1-3-2-6-4(5)7-3;;;;/h9,15-16,18H,10-11,13H2,1-8H3,(H,23,26);2H,1H3,(H2,5,6);2*1H3;;/q;;;-1;+1;/b14-9+;;;;;/t15?,16?,18-;;;;;/m1...../s1. The van der Waals surface area contributed by atoms with Crippen LogP contribution in [0, 0.1) is 42.4 Å². The number of likely N-dealkylation sites (tertiary alicyclic amines) is 1. The molecule has 7 nitrogen and oxygen atoms in total. The number of hydrogen-bond donors (Lipinski definition) is 2. The van der Waals surface area contributed by atoms with E-state index < -0.39 is 12.1 Å². The maximum absolute atomic E-state index is 13.1. The van der Waals surface area contributed by atoms with E-state index >= 15 is 0 Å². The van der Waals surface area contributed by atoms with Gasteiger partial charge in [-0.1, -0.05) is 53.2 Å². The van der Waals surface area contributed by atoms with E-state index in [-0.39, 0.29) is 105 Å². The Balaban J connectivity index is -0.000000893. The van der Waals surface area contributed by atoms with E-state index in [0.717, 1.165) is 10.5 Å². The van der Waals surface area contributed by atoms with Gasteiger partial charge in [0.25, 0.3) is 0 Å². The van der Waals surface area contributed by atoms with Gasteiger partial charge in [0.15, 0.2) is 5.13 Å². The molecule has 3 radical (unpaired) electrons. The topological polar surface area (TPSA) is 112 Å². The van der Waals surface area contributed by atoms with Crippen LogP contribution in [0.25, 0.3) is 0 Å². The predicted octanol–water partition coefficient (Wildman–Crippen LogP) is 2.35. The van der Waals surface area contributed by atoms with Gasteiger partial charge in [-0.05, 0) is 37.5 Å². The van der Waals surface area contributed by atoms with Crippen molar-refractivity contribution >= 4 is 50.8 Å². The Morgan fingerprint density at radius 3 is 2.30 bits per heavy atom. The van der Waals surface area contributed by atoms with Crippen molar-refractivity contribution < 1.29 is 78.5 Å². The number of anilines is 1. The monoisotopic (exact) mass is 758 g/mol. The Labute approximate surface area is 302 Å². The molecular weight excluding hydrogens is 710 g/mol. The third-order valence-corrected chi connectivity index (χ3v) is 6.88. The molecule has 10 heteroatoms. The number of nitrogen functional groups attached to an aromatic ring is 1. The van der Waals surface area contributed by atoms with Gasteiger partial charge in [0.1, 0.15) is 12.1 Å². The van der Waals surface area contributed by atoms with Crippen molar-refractivity contribution in [2.24, 2.45) is 16.7 Å². The Kier molecular flexibility index (Phi) is 22.1. The van der Waals surface area contributed by atoms with E-state index in [1.807, 2.05) is 61.5 Å². The zero-order chi connectivity index (χ0) is 27.6. The number of nitrogens with one attached hydrogen (secondary N) is 1. The zero-order valence-corrected chi connectivity index (χ0v) is 35.1. The van der Waals surface area contributed by atoms with Crippen LogP contribution in [0.5, 0.6) is 0 Å². The van der Waals surface area contributed by atoms with Gasteiger partial charge in [-0.2, -0.15) is 5.26 Å². The number of aryl methyl sites for hydroxylation is 1. The fourth-order valence-corrected chi connectivity index (χ4v) is 4.32. The van der Waals surface area contributed by atoms with Crippen LogP contribution in [0.2, 0.25) is 4.94 Å². The van der Waals surface area contributed by atoms with Gasteiger partial charge in [0.2, 0.25) is 11.8 Å². The molecule has 2 unspecified atom stereocenters. The molecule has 2 rings (SSSR count). The molecule has 1 aromatic rings. The molecular formula is C27H47CsN5O2SSn. The normalized spacial score (nSPS) is 18.9. The molecule has 0 bridgehead atoms. The fraction of sp³-hybridized carbons (Fsp3) is 0.667. The number of nitriles is 1. The minimum atomic E-state index is -0.579. The van der Waals surface area contributed by atoms with Crippen LogP contribution in [0.15, 0.2) is 17.8 Å². The number of amides is 2. The first-order valence-corrected chi connectivity index (χ1v) is 15.6. The SMILES string of the molecule is C/C=C(\C)CC(C#N)NC(=O)[C@H]1N(C(=O)CC(C)(C)C)CC(C)C1(C)C.Cc1cnc(N)s1.[CH3-].[CH3][Sn].[Cs+]. The Morgan fingerprint density at radius 1 is 1.41 bits per heavy atom. The van der Waals surface area contributed by atoms with Crippen molar-refractivity contribution in [3.05, 3.63) is 30.1 Å². The first-order chi connectivity index (χ1) is 16.1. The summed E-state index contributed by atoms with van der Waals surface area (Å²) in [4.78, 5) is 34.7. The predicted molar refractivity (Wildman–Crippen MR) is 153 cm³/mol. The van der Waals surface area contributed by atoms with Crippen molar-refractivity contribution in [3.63, 3.8) is 0 Å². The van der Waals surface area contributed by atoms with E-state index in [4.69, 9.17) is 5.73 Å². The third kappa shape index (κ3) is 14.6. The molecule has 0 aliphatic carbocycles. The molecule has 2 amide bonds. The summed E-state index contributed by atoms with van der Waals surface area (Å²) in [7, 11) is 0. The molecule has 1 fully saturated rings. The second-order valence-electron chi connectivity index (χ2n) is 10.7. The molecule has 0 aromatic carbocycles. The summed E-state index contributed by atoms with van der Waals surface area (Å²) in [6.45, 7) is 18.6. The second-order valence-corrected chi connectivity index (χ2v) is 12.0. The van der Waals surface area contributed by atoms with Crippen LogP contribution in [0.3, 0.4) is 0 Å². The smallest absolute Gasteiger partial charge is 1.00 e. The first-order valence-electron chi connectivity index (χ1n) is 11.9. The van der Waals surface area contributed by atoms with Gasteiger partial charge in [-0.15, -0.1) is 11.3 Å². The molecule has 3 N–H and O–H groups in total. The van der Waals surface area contributed by atoms with Crippen LogP contribution in [-0.2, 0) is 9.59 Å². The molecule has 203 valence electrons. The summed E-state index contributed by atoms with van der Waals surface area (Å²) < 4.78 is 0. The number of carbonyl (C=O) groups excluding carboxylic acids is 2. The third-order valence-electron chi connectivity index (χ3n) is 6.14. The number of nitrogens with zero attached hydrogens (tertiary/aromatic N) is 3. The van der Waals surface area contributed by atoms with Gasteiger partial charge >= 0.3 is 96.4 Å². The average molecular weight is 757 g/mol. The summed E-state index contributed by atoms with van der Waals surface area (Å²) in [6, 6.07) is 1.04. The molecule has 3 atom stereocenters. The summed E-state index contributed by atoms with van der Waals surface area (Å²) in [5, 5.41) is 12.9. The number of nitrogens with two attached hydrogens (primary N) is 1. The van der Waals surface area contributed by atoms with Gasteiger partial charge in [-0.3, -0.25) is 9.59 Å². The quantitative estimate of drug-likeness (QED) is 0.273. The van der Waals surface area contributed by atoms with Gasteiger partial charge in [-0.25, -0.2) is 4.98 Å². The maximum atomic E-state index is 13.1. The number of thiazole rings is 1. The largest absolute Gasteiger partial charge is 1.00 e. The summed E-state index contributed by atoms with van der Waals surface area (Å²) in [5.41, 5.74) is 5.87. The second kappa shape index (κ2) is 19.5. The maximum Gasteiger partial charge on any atom is 1.00 e. The van der Waals surface area contributed by atoms with Gasteiger partial charge in [0, 0.05) is 30.5 Å². The Bertz CT molecular complexity index is 889. The number of allylic oxidation sites excluding steroid dienone is 1. The summed E-state index contributed by atoms with van der Waals surface area (Å²) >= 11 is 3.06. The fourth-order valence-electron chi connectivity index (χ4n) is 3.78. The van der Waals surface area contributed by atoms with Crippen LogP contribution < -0.4 is 79.9 Å². The first kappa shape index (κ1) is 41.9. The molecule has 1 aliphatic rings. The zero-order valence-electron chi connectivity index (χ0n) is 25.2. The molecule has 0 spiro atoms. The van der Waals surface area contributed by atoms with Gasteiger partial charge < -0.3 is 23.4 Å². The van der Waals surface area contributed by atoms with Crippen molar-refractivity contribution in [1.82, 2.24) is 15.2 Å². The van der Waals surface area contributed by atoms with E-state index in [2.05, 4.69) is 28.2 Å². The Hall–Kier alpha value is 0.451. The van der Waals surface area contributed by atoms with Crippen LogP contribution in [0.1, 0.15) is 73.1 Å². The van der Waals surface area contributed by atoms with Crippen molar-refractivity contribution in [2.45, 2.75) is 92.2 Å². The summed E-state index contributed by atoms with van der Waals surface area (Å²) in [5.74, 6) is -0.00902. The minimum absolute atomic E-state index is 0. The van der Waals surface area contributed by atoms with Crippen molar-refractivity contribution in [3.8, 4) is 6.07 Å². The Morgan fingerprint density at radius 2 is 1.95 bits per heavy atom. The summed E-state index contributed by atoms with van der Waals surface area (Å²) in [6.07, 6.45) is 4.60.